The molecule has 1 heterocycles. The van der Waals surface area contributed by atoms with E-state index in [1.165, 1.54) is 0 Å². The van der Waals surface area contributed by atoms with Gasteiger partial charge in [0.05, 0.1) is 24.8 Å². The van der Waals surface area contributed by atoms with E-state index in [2.05, 4.69) is 5.32 Å². The zero-order valence-electron chi connectivity index (χ0n) is 17.6. The van der Waals surface area contributed by atoms with Gasteiger partial charge >= 0.3 is 0 Å². The smallest absolute Gasteiger partial charge is 0.133 e. The minimum absolute atomic E-state index is 0.0354. The van der Waals surface area contributed by atoms with E-state index >= 15 is 0 Å². The van der Waals surface area contributed by atoms with Gasteiger partial charge in [-0.05, 0) is 67.4 Å². The average molecular weight is 455 g/mol. The van der Waals surface area contributed by atoms with Crippen LogP contribution in [0.1, 0.15) is 42.6 Å². The van der Waals surface area contributed by atoms with E-state index < -0.39 is 0 Å². The number of methoxy groups -OCH3 is 1. The van der Waals surface area contributed by atoms with Crippen LogP contribution in [0.4, 0.5) is 0 Å². The van der Waals surface area contributed by atoms with Crippen LogP contribution in [0, 0.1) is 0 Å². The Bertz CT molecular complexity index is 1080. The molecule has 2 atom stereocenters. The summed E-state index contributed by atoms with van der Waals surface area (Å²) < 4.78 is 11.5. The van der Waals surface area contributed by atoms with Gasteiger partial charge < -0.3 is 14.8 Å². The summed E-state index contributed by atoms with van der Waals surface area (Å²) in [4.78, 5) is 5.08. The number of amidine groups is 1. The van der Waals surface area contributed by atoms with Crippen LogP contribution >= 0.6 is 23.2 Å². The molecule has 1 aliphatic heterocycles. The van der Waals surface area contributed by atoms with Gasteiger partial charge in [-0.1, -0.05) is 47.5 Å². The topological polar surface area (TPSA) is 42.9 Å². The molecule has 0 fully saturated rings. The second kappa shape index (κ2) is 9.21. The predicted octanol–water partition coefficient (Wildman–Crippen LogP) is 6.62. The van der Waals surface area contributed by atoms with Gasteiger partial charge in [0.1, 0.15) is 23.4 Å². The standard InChI is InChI=1S/C25H24Cl2N2O2/c1-15(2)31-22-13-12-20(30-3)14-21(22)25-28-23(16-4-8-18(26)9-5-16)24(29-25)17-6-10-19(27)11-7-17/h4-15,23-24H,1-3H3,(H,28,29)/t23-,24+. The van der Waals surface area contributed by atoms with E-state index in [0.29, 0.717) is 10.0 Å². The molecule has 0 amide bonds. The van der Waals surface area contributed by atoms with Gasteiger partial charge in [0.2, 0.25) is 0 Å². The minimum Gasteiger partial charge on any atom is -0.497 e. The second-order valence-electron chi connectivity index (χ2n) is 7.68. The van der Waals surface area contributed by atoms with Crippen molar-refractivity contribution in [3.05, 3.63) is 93.5 Å². The SMILES string of the molecule is COc1ccc(OC(C)C)c(C2=N[C@H](c3ccc(Cl)cc3)[C@H](c3ccc(Cl)cc3)N2)c1. The van der Waals surface area contributed by atoms with Crippen LogP contribution in [0.2, 0.25) is 10.0 Å². The highest BCUT2D eigenvalue weighted by molar-refractivity contribution is 6.30. The van der Waals surface area contributed by atoms with Gasteiger partial charge in [-0.3, -0.25) is 4.99 Å². The van der Waals surface area contributed by atoms with Crippen molar-refractivity contribution in [2.75, 3.05) is 7.11 Å². The maximum Gasteiger partial charge on any atom is 0.133 e. The molecule has 4 rings (SSSR count). The molecule has 160 valence electrons. The fraction of sp³-hybridized carbons (Fsp3) is 0.240. The zero-order valence-corrected chi connectivity index (χ0v) is 19.1. The Hall–Kier alpha value is -2.69. The first-order chi connectivity index (χ1) is 14.9. The van der Waals surface area contributed by atoms with Crippen molar-refractivity contribution in [2.45, 2.75) is 32.0 Å². The summed E-state index contributed by atoms with van der Waals surface area (Å²) >= 11 is 12.2. The van der Waals surface area contributed by atoms with Crippen molar-refractivity contribution in [3.63, 3.8) is 0 Å². The lowest BCUT2D eigenvalue weighted by molar-refractivity contribution is 0.241. The number of benzene rings is 3. The number of ether oxygens (including phenoxy) is 2. The molecule has 0 radical (unpaired) electrons. The molecule has 0 unspecified atom stereocenters. The molecular formula is C25H24Cl2N2O2. The molecule has 1 aliphatic rings. The summed E-state index contributed by atoms with van der Waals surface area (Å²) in [5.74, 6) is 2.26. The maximum atomic E-state index is 6.12. The molecule has 0 saturated carbocycles. The summed E-state index contributed by atoms with van der Waals surface area (Å²) in [7, 11) is 1.65. The van der Waals surface area contributed by atoms with Crippen LogP contribution in [0.25, 0.3) is 0 Å². The number of hydrogen-bond acceptors (Lipinski definition) is 4. The van der Waals surface area contributed by atoms with E-state index in [1.54, 1.807) is 7.11 Å². The van der Waals surface area contributed by atoms with Crippen LogP contribution in [0.15, 0.2) is 71.7 Å². The van der Waals surface area contributed by atoms with Crippen LogP contribution in [-0.4, -0.2) is 19.0 Å². The normalized spacial score (nSPS) is 17.9. The van der Waals surface area contributed by atoms with Gasteiger partial charge in [0.25, 0.3) is 0 Å². The van der Waals surface area contributed by atoms with E-state index in [1.807, 2.05) is 80.6 Å². The first-order valence-electron chi connectivity index (χ1n) is 10.1. The van der Waals surface area contributed by atoms with Crippen molar-refractivity contribution in [2.24, 2.45) is 4.99 Å². The first-order valence-corrected chi connectivity index (χ1v) is 10.9. The number of rotatable bonds is 6. The quantitative estimate of drug-likeness (QED) is 0.454. The van der Waals surface area contributed by atoms with Crippen molar-refractivity contribution >= 4 is 29.0 Å². The van der Waals surface area contributed by atoms with Crippen LogP contribution in [0.3, 0.4) is 0 Å². The molecule has 6 heteroatoms. The van der Waals surface area contributed by atoms with Gasteiger partial charge in [0.15, 0.2) is 0 Å². The van der Waals surface area contributed by atoms with Crippen LogP contribution in [-0.2, 0) is 0 Å². The van der Waals surface area contributed by atoms with E-state index in [4.69, 9.17) is 37.7 Å². The van der Waals surface area contributed by atoms with E-state index in [9.17, 15) is 0 Å². The van der Waals surface area contributed by atoms with Gasteiger partial charge in [-0.25, -0.2) is 0 Å². The van der Waals surface area contributed by atoms with Crippen molar-refractivity contribution in [1.29, 1.82) is 0 Å². The second-order valence-corrected chi connectivity index (χ2v) is 8.55. The third-order valence-electron chi connectivity index (χ3n) is 5.12. The molecule has 0 aromatic heterocycles. The highest BCUT2D eigenvalue weighted by atomic mass is 35.5. The average Bonchev–Trinajstić information content (AvgIpc) is 3.20. The van der Waals surface area contributed by atoms with E-state index in [-0.39, 0.29) is 18.2 Å². The molecular weight excluding hydrogens is 431 g/mol. The Morgan fingerprint density at radius 3 is 2.06 bits per heavy atom. The fourth-order valence-electron chi connectivity index (χ4n) is 3.66. The summed E-state index contributed by atoms with van der Waals surface area (Å²) in [5.41, 5.74) is 3.03. The molecule has 1 N–H and O–H groups in total. The van der Waals surface area contributed by atoms with Crippen LogP contribution in [0.5, 0.6) is 11.5 Å². The molecule has 0 spiro atoms. The zero-order chi connectivity index (χ0) is 22.0. The van der Waals surface area contributed by atoms with Crippen LogP contribution < -0.4 is 14.8 Å². The number of nitrogens with one attached hydrogen (secondary N) is 1. The Kier molecular flexibility index (Phi) is 6.40. The van der Waals surface area contributed by atoms with Crippen molar-refractivity contribution in [1.82, 2.24) is 5.32 Å². The molecule has 3 aromatic rings. The summed E-state index contributed by atoms with van der Waals surface area (Å²) in [5, 5.41) is 5.01. The number of hydrogen-bond donors (Lipinski definition) is 1. The lowest BCUT2D eigenvalue weighted by Crippen LogP contribution is -2.26. The van der Waals surface area contributed by atoms with E-state index in [0.717, 1.165) is 34.0 Å². The predicted molar refractivity (Wildman–Crippen MR) is 127 cm³/mol. The Balaban J connectivity index is 1.79. The number of halogens is 2. The van der Waals surface area contributed by atoms with Gasteiger partial charge in [0, 0.05) is 10.0 Å². The lowest BCUT2D eigenvalue weighted by Gasteiger charge is -2.20. The largest absolute Gasteiger partial charge is 0.497 e. The minimum atomic E-state index is -0.133. The molecule has 31 heavy (non-hydrogen) atoms. The lowest BCUT2D eigenvalue weighted by atomic mass is 9.95. The summed E-state index contributed by atoms with van der Waals surface area (Å²) in [6.07, 6.45) is 0.0354. The molecule has 4 nitrogen and oxygen atoms in total. The third-order valence-corrected chi connectivity index (χ3v) is 5.63. The Labute approximate surface area is 192 Å². The summed E-state index contributed by atoms with van der Waals surface area (Å²) in [6, 6.07) is 21.2. The Morgan fingerprint density at radius 1 is 0.871 bits per heavy atom. The van der Waals surface area contributed by atoms with Crippen molar-refractivity contribution < 1.29 is 9.47 Å². The third kappa shape index (κ3) is 4.81. The Morgan fingerprint density at radius 2 is 1.48 bits per heavy atom. The highest BCUT2D eigenvalue weighted by Crippen LogP contribution is 2.39. The molecule has 3 aromatic carbocycles. The molecule has 0 aliphatic carbocycles. The fourth-order valence-corrected chi connectivity index (χ4v) is 3.92. The first kappa shape index (κ1) is 21.5. The van der Waals surface area contributed by atoms with Crippen molar-refractivity contribution in [3.8, 4) is 11.5 Å². The maximum absolute atomic E-state index is 6.12. The molecule has 0 bridgehead atoms. The van der Waals surface area contributed by atoms with Gasteiger partial charge in [-0.2, -0.15) is 0 Å². The van der Waals surface area contributed by atoms with Gasteiger partial charge in [-0.15, -0.1) is 0 Å². The monoisotopic (exact) mass is 454 g/mol. The highest BCUT2D eigenvalue weighted by Gasteiger charge is 2.33. The number of nitrogens with zero attached hydrogens (tertiary/aromatic N) is 1. The number of aliphatic imine (C=N–C) groups is 1. The molecule has 0 saturated heterocycles. The summed E-state index contributed by atoms with van der Waals surface area (Å²) in [6.45, 7) is 4.01.